The van der Waals surface area contributed by atoms with Gasteiger partial charge < -0.3 is 4.74 Å². The molecule has 2 nitrogen and oxygen atoms in total. The summed E-state index contributed by atoms with van der Waals surface area (Å²) in [5.74, 6) is -0.0834. The van der Waals surface area contributed by atoms with Crippen molar-refractivity contribution in [3.63, 3.8) is 0 Å². The summed E-state index contributed by atoms with van der Waals surface area (Å²) >= 11 is 9.91. The summed E-state index contributed by atoms with van der Waals surface area (Å²) in [6, 6.07) is 8.22. The van der Waals surface area contributed by atoms with Crippen LogP contribution in [0.15, 0.2) is 28.7 Å². The van der Waals surface area contributed by atoms with E-state index >= 15 is 0 Å². The van der Waals surface area contributed by atoms with Gasteiger partial charge in [0.1, 0.15) is 0 Å². The van der Waals surface area contributed by atoms with Crippen LogP contribution in [0.3, 0.4) is 0 Å². The van der Waals surface area contributed by atoms with E-state index in [1.807, 2.05) is 19.1 Å². The maximum atomic E-state index is 11.5. The third kappa shape index (κ3) is 4.21. The Morgan fingerprint density at radius 1 is 1.44 bits per heavy atom. The molecule has 0 heterocycles. The molecule has 1 aliphatic carbocycles. The van der Waals surface area contributed by atoms with Crippen LogP contribution in [-0.2, 0) is 14.9 Å². The van der Waals surface area contributed by atoms with E-state index in [0.29, 0.717) is 13.0 Å². The summed E-state index contributed by atoms with van der Waals surface area (Å²) in [7, 11) is 0. The predicted molar refractivity (Wildman–Crippen MR) is 84.3 cm³/mol. The number of halogens is 1. The molecule has 0 atom stereocenters. The van der Waals surface area contributed by atoms with Crippen molar-refractivity contribution in [2.45, 2.75) is 31.6 Å². The van der Waals surface area contributed by atoms with E-state index in [1.54, 1.807) is 0 Å². The van der Waals surface area contributed by atoms with Crippen molar-refractivity contribution in [3.05, 3.63) is 34.3 Å². The van der Waals surface area contributed by atoms with Crippen LogP contribution < -0.4 is 0 Å². The minimum Gasteiger partial charge on any atom is -0.466 e. The Balaban J connectivity index is 0.000000771. The lowest BCUT2D eigenvalue weighted by atomic mass is 9.92. The summed E-state index contributed by atoms with van der Waals surface area (Å²) in [6.45, 7) is 2.31. The highest BCUT2D eigenvalue weighted by Gasteiger charge is 2.46. The normalized spacial score (nSPS) is 15.3. The number of thiol groups is 2. The van der Waals surface area contributed by atoms with Gasteiger partial charge in [-0.3, -0.25) is 4.79 Å². The summed E-state index contributed by atoms with van der Waals surface area (Å²) in [6.07, 6.45) is 2.68. The minimum absolute atomic E-state index is 0.0516. The number of benzene rings is 1. The Labute approximate surface area is 127 Å². The van der Waals surface area contributed by atoms with Crippen LogP contribution >= 0.6 is 39.3 Å². The number of carbonyl (C=O) groups excluding carboxylic acids is 1. The Kier molecular flexibility index (Phi) is 6.60. The van der Waals surface area contributed by atoms with Crippen molar-refractivity contribution in [1.29, 1.82) is 0 Å². The Morgan fingerprint density at radius 2 is 2.11 bits per heavy atom. The van der Waals surface area contributed by atoms with E-state index in [0.717, 1.165) is 17.3 Å². The van der Waals surface area contributed by atoms with Gasteiger partial charge >= 0.3 is 5.97 Å². The molecule has 1 saturated carbocycles. The topological polar surface area (TPSA) is 26.3 Å². The first kappa shape index (κ1) is 15.9. The molecular formula is C13H17BrO2S2. The van der Waals surface area contributed by atoms with Gasteiger partial charge in [0.15, 0.2) is 0 Å². The van der Waals surface area contributed by atoms with E-state index in [-0.39, 0.29) is 11.4 Å². The average molecular weight is 349 g/mol. The van der Waals surface area contributed by atoms with E-state index in [4.69, 9.17) is 4.74 Å². The predicted octanol–water partition coefficient (Wildman–Crippen LogP) is 4.19. The van der Waals surface area contributed by atoms with Gasteiger partial charge in [0.2, 0.25) is 0 Å². The fraction of sp³-hybridized carbons (Fsp3) is 0.462. The first-order chi connectivity index (χ1) is 8.66. The van der Waals surface area contributed by atoms with E-state index in [9.17, 15) is 4.79 Å². The van der Waals surface area contributed by atoms with Gasteiger partial charge in [0.05, 0.1) is 13.0 Å². The number of ether oxygens (including phenoxy) is 1. The molecule has 0 amide bonds. The SMILES string of the molecule is CCOC(=O)CC1(c2cccc(Br)c2)CC1.SS. The third-order valence-corrected chi connectivity index (χ3v) is 3.57. The van der Waals surface area contributed by atoms with Crippen LogP contribution in [0, 0.1) is 0 Å². The van der Waals surface area contributed by atoms with Gasteiger partial charge in [0, 0.05) is 9.89 Å². The molecule has 1 fully saturated rings. The van der Waals surface area contributed by atoms with Gasteiger partial charge in [-0.15, -0.1) is 23.3 Å². The molecule has 0 spiro atoms. The van der Waals surface area contributed by atoms with Crippen molar-refractivity contribution < 1.29 is 9.53 Å². The first-order valence-corrected chi connectivity index (χ1v) is 8.17. The second kappa shape index (κ2) is 7.46. The van der Waals surface area contributed by atoms with Crippen LogP contribution in [-0.4, -0.2) is 12.6 Å². The van der Waals surface area contributed by atoms with Crippen molar-refractivity contribution in [3.8, 4) is 0 Å². The number of rotatable bonds is 4. The fourth-order valence-electron chi connectivity index (χ4n) is 2.03. The van der Waals surface area contributed by atoms with Crippen LogP contribution in [0.1, 0.15) is 31.7 Å². The fourth-order valence-corrected chi connectivity index (χ4v) is 2.42. The van der Waals surface area contributed by atoms with Gasteiger partial charge in [-0.05, 0) is 37.5 Å². The van der Waals surface area contributed by atoms with Gasteiger partial charge in [0.25, 0.3) is 0 Å². The quantitative estimate of drug-likeness (QED) is 0.484. The molecular weight excluding hydrogens is 332 g/mol. The van der Waals surface area contributed by atoms with Crippen molar-refractivity contribution >= 4 is 45.2 Å². The second-order valence-electron chi connectivity index (χ2n) is 4.27. The third-order valence-electron chi connectivity index (χ3n) is 3.08. The Morgan fingerprint density at radius 3 is 2.61 bits per heavy atom. The standard InChI is InChI=1S/C13H15BrO2.H2S2/c1-2-16-12(15)9-13(6-7-13)10-4-3-5-11(14)8-10;1-2/h3-5,8H,2,6-7,9H2,1H3;1-2H. The zero-order chi connectivity index (χ0) is 13.6. The van der Waals surface area contributed by atoms with Crippen LogP contribution in [0.4, 0.5) is 0 Å². The number of hydrogen-bond donors (Lipinski definition) is 2. The first-order valence-electron chi connectivity index (χ1n) is 5.78. The molecule has 5 heteroatoms. The average Bonchev–Trinajstić information content (AvgIpc) is 3.13. The zero-order valence-corrected chi connectivity index (χ0v) is 13.6. The van der Waals surface area contributed by atoms with Crippen LogP contribution in [0.2, 0.25) is 0 Å². The summed E-state index contributed by atoms with van der Waals surface area (Å²) in [5, 5.41) is 0. The van der Waals surface area contributed by atoms with E-state index < -0.39 is 0 Å². The van der Waals surface area contributed by atoms with Gasteiger partial charge in [-0.2, -0.15) is 0 Å². The van der Waals surface area contributed by atoms with Crippen molar-refractivity contribution in [2.24, 2.45) is 0 Å². The lowest BCUT2D eigenvalue weighted by molar-refractivity contribution is -0.143. The van der Waals surface area contributed by atoms with Gasteiger partial charge in [-0.25, -0.2) is 0 Å². The summed E-state index contributed by atoms with van der Waals surface area (Å²) < 4.78 is 6.09. The Hall–Kier alpha value is -0.130. The number of carbonyl (C=O) groups is 1. The maximum Gasteiger partial charge on any atom is 0.306 e. The zero-order valence-electron chi connectivity index (χ0n) is 10.2. The molecule has 1 aromatic carbocycles. The molecule has 0 unspecified atom stereocenters. The number of esters is 1. The maximum absolute atomic E-state index is 11.5. The molecule has 1 aromatic rings. The van der Waals surface area contributed by atoms with Gasteiger partial charge in [-0.1, -0.05) is 28.1 Å². The minimum atomic E-state index is -0.0834. The smallest absolute Gasteiger partial charge is 0.306 e. The van der Waals surface area contributed by atoms with E-state index in [2.05, 4.69) is 51.4 Å². The Bertz CT molecular complexity index is 406. The highest BCUT2D eigenvalue weighted by atomic mass is 79.9. The monoisotopic (exact) mass is 348 g/mol. The van der Waals surface area contributed by atoms with E-state index in [1.165, 1.54) is 5.56 Å². The molecule has 0 saturated heterocycles. The highest BCUT2D eigenvalue weighted by molar-refractivity contribution is 9.10. The molecule has 0 N–H and O–H groups in total. The molecule has 0 aliphatic heterocycles. The molecule has 18 heavy (non-hydrogen) atoms. The van der Waals surface area contributed by atoms with Crippen molar-refractivity contribution in [1.82, 2.24) is 0 Å². The molecule has 1 aliphatic rings. The van der Waals surface area contributed by atoms with Crippen LogP contribution in [0.5, 0.6) is 0 Å². The molecule has 0 bridgehead atoms. The van der Waals surface area contributed by atoms with Crippen molar-refractivity contribution in [2.75, 3.05) is 6.61 Å². The number of hydrogen-bond acceptors (Lipinski definition) is 4. The molecule has 0 radical (unpaired) electrons. The lowest BCUT2D eigenvalue weighted by Crippen LogP contribution is -2.15. The summed E-state index contributed by atoms with van der Waals surface area (Å²) in [5.41, 5.74) is 1.30. The highest BCUT2D eigenvalue weighted by Crippen LogP contribution is 2.51. The molecule has 0 aromatic heterocycles. The molecule has 2 rings (SSSR count). The van der Waals surface area contributed by atoms with Crippen LogP contribution in [0.25, 0.3) is 0 Å². The molecule has 100 valence electrons. The lowest BCUT2D eigenvalue weighted by Gasteiger charge is -2.14. The summed E-state index contributed by atoms with van der Waals surface area (Å²) in [4.78, 5) is 11.5. The largest absolute Gasteiger partial charge is 0.466 e. The second-order valence-corrected chi connectivity index (χ2v) is 5.19.